The predicted octanol–water partition coefficient (Wildman–Crippen LogP) is 1.83. The number of fused-ring (bicyclic) bond motifs is 5. The predicted molar refractivity (Wildman–Crippen MR) is 134 cm³/mol. The van der Waals surface area contributed by atoms with Crippen molar-refractivity contribution in [1.82, 2.24) is 15.1 Å². The first-order valence-electron chi connectivity index (χ1n) is 12.5. The molecular weight excluding hydrogens is 460 g/mol. The van der Waals surface area contributed by atoms with Gasteiger partial charge in [-0.05, 0) is 48.7 Å². The van der Waals surface area contributed by atoms with E-state index < -0.39 is 6.04 Å². The molecule has 2 atom stereocenters. The van der Waals surface area contributed by atoms with Gasteiger partial charge in [0.2, 0.25) is 17.7 Å². The molecule has 9 nitrogen and oxygen atoms in total. The lowest BCUT2D eigenvalue weighted by molar-refractivity contribution is -0.139. The Balaban J connectivity index is 1.60. The van der Waals surface area contributed by atoms with Gasteiger partial charge in [-0.2, -0.15) is 0 Å². The van der Waals surface area contributed by atoms with Crippen molar-refractivity contribution in [3.8, 4) is 11.5 Å². The number of likely N-dealkylation sites (tertiary alicyclic amines) is 1. The van der Waals surface area contributed by atoms with Crippen LogP contribution >= 0.6 is 0 Å². The molecule has 0 spiro atoms. The zero-order valence-electron chi connectivity index (χ0n) is 20.7. The molecule has 2 aromatic carbocycles. The second-order valence-electron chi connectivity index (χ2n) is 9.17. The van der Waals surface area contributed by atoms with Crippen LogP contribution in [0.15, 0.2) is 48.5 Å². The van der Waals surface area contributed by atoms with Gasteiger partial charge in [-0.1, -0.05) is 24.3 Å². The molecule has 0 radical (unpaired) electrons. The monoisotopic (exact) mass is 494 g/mol. The molecule has 36 heavy (non-hydrogen) atoms. The summed E-state index contributed by atoms with van der Waals surface area (Å²) >= 11 is 0. The second-order valence-corrected chi connectivity index (χ2v) is 9.17. The summed E-state index contributed by atoms with van der Waals surface area (Å²) in [5.74, 6) is 0.849. The van der Waals surface area contributed by atoms with Crippen LogP contribution in [0.5, 0.6) is 11.5 Å². The number of amides is 3. The highest BCUT2D eigenvalue weighted by Gasteiger charge is 2.33. The maximum atomic E-state index is 13.0. The number of benzene rings is 2. The summed E-state index contributed by atoms with van der Waals surface area (Å²) in [5, 5.41) is 3.03. The van der Waals surface area contributed by atoms with E-state index in [-0.39, 0.29) is 49.8 Å². The Labute approximate surface area is 211 Å². The minimum atomic E-state index is -0.396. The Bertz CT molecular complexity index is 1090. The number of likely N-dealkylation sites (N-methyl/N-ethyl adjacent to an activating group) is 1. The zero-order chi connectivity index (χ0) is 25.5. The highest BCUT2D eigenvalue weighted by Crippen LogP contribution is 2.25. The largest absolute Gasteiger partial charge is 0.457 e. The maximum Gasteiger partial charge on any atom is 0.239 e. The molecule has 2 aromatic rings. The maximum absolute atomic E-state index is 13.0. The molecule has 0 aromatic heterocycles. The van der Waals surface area contributed by atoms with Crippen LogP contribution < -0.4 is 15.8 Å². The fourth-order valence-electron chi connectivity index (χ4n) is 4.62. The Hall–Kier alpha value is -3.43. The number of carbonyl (C=O) groups is 3. The van der Waals surface area contributed by atoms with Crippen molar-refractivity contribution in [2.75, 3.05) is 32.7 Å². The van der Waals surface area contributed by atoms with Crippen molar-refractivity contribution < 1.29 is 23.9 Å². The summed E-state index contributed by atoms with van der Waals surface area (Å²) in [5.41, 5.74) is 7.32. The molecule has 2 aliphatic rings. The van der Waals surface area contributed by atoms with E-state index in [9.17, 15) is 14.4 Å². The van der Waals surface area contributed by atoms with E-state index >= 15 is 0 Å². The number of piperidine rings is 1. The van der Waals surface area contributed by atoms with E-state index in [0.717, 1.165) is 11.1 Å². The molecule has 192 valence electrons. The molecule has 0 unspecified atom stereocenters. The molecule has 0 aliphatic carbocycles. The van der Waals surface area contributed by atoms with Gasteiger partial charge in [0, 0.05) is 32.6 Å². The van der Waals surface area contributed by atoms with Crippen LogP contribution in [0.2, 0.25) is 0 Å². The SMILES string of the molecule is CCN1CC(=O)N[C@H]2CN(C(=O)CCN)CC[C@@H]2OCc2cccc(c2)Oc2cccc(c2)CC1=O. The first kappa shape index (κ1) is 25.7. The van der Waals surface area contributed by atoms with Crippen molar-refractivity contribution in [2.24, 2.45) is 5.73 Å². The molecule has 1 fully saturated rings. The smallest absolute Gasteiger partial charge is 0.239 e. The summed E-state index contributed by atoms with van der Waals surface area (Å²) in [4.78, 5) is 41.7. The minimum Gasteiger partial charge on any atom is -0.457 e. The van der Waals surface area contributed by atoms with Gasteiger partial charge in [0.05, 0.1) is 31.7 Å². The molecule has 9 heteroatoms. The van der Waals surface area contributed by atoms with Gasteiger partial charge in [0.1, 0.15) is 11.5 Å². The van der Waals surface area contributed by atoms with Gasteiger partial charge >= 0.3 is 0 Å². The Morgan fingerprint density at radius 3 is 2.56 bits per heavy atom. The quantitative estimate of drug-likeness (QED) is 0.673. The lowest BCUT2D eigenvalue weighted by Crippen LogP contribution is -2.58. The normalized spacial score (nSPS) is 21.2. The standard InChI is InChI=1S/C27H34N4O5/c1-2-30-17-25(32)29-23-16-31(26(33)9-11-28)12-10-24(23)35-18-20-6-4-8-22(14-20)36-21-7-3-5-19(13-21)15-27(30)34/h3-8,13-14,23-24H,2,9-12,15-18,28H2,1H3,(H,29,32)/t23-,24-/m0/s1. The number of rotatable bonds is 3. The number of hydrogen-bond donors (Lipinski definition) is 2. The summed E-state index contributed by atoms with van der Waals surface area (Å²) in [6.07, 6.45) is 0.726. The third-order valence-corrected chi connectivity index (χ3v) is 6.53. The molecule has 4 bridgehead atoms. The first-order valence-corrected chi connectivity index (χ1v) is 12.5. The number of nitrogens with zero attached hydrogens (tertiary/aromatic N) is 2. The second kappa shape index (κ2) is 12.0. The molecule has 4 rings (SSSR count). The highest BCUT2D eigenvalue weighted by molar-refractivity contribution is 5.86. The number of carbonyl (C=O) groups excluding carboxylic acids is 3. The van der Waals surface area contributed by atoms with E-state index in [2.05, 4.69) is 5.32 Å². The Kier molecular flexibility index (Phi) is 8.56. The minimum absolute atomic E-state index is 0.0365. The fourth-order valence-corrected chi connectivity index (χ4v) is 4.62. The number of nitrogens with two attached hydrogens (primary N) is 1. The molecule has 2 heterocycles. The molecule has 3 N–H and O–H groups in total. The molecule has 3 amide bonds. The van der Waals surface area contributed by atoms with E-state index in [1.54, 1.807) is 4.90 Å². The van der Waals surface area contributed by atoms with Gasteiger partial charge in [-0.15, -0.1) is 0 Å². The van der Waals surface area contributed by atoms with Crippen molar-refractivity contribution in [3.63, 3.8) is 0 Å². The average Bonchev–Trinajstić information content (AvgIpc) is 2.86. The van der Waals surface area contributed by atoms with Gasteiger partial charge in [0.15, 0.2) is 0 Å². The van der Waals surface area contributed by atoms with Gasteiger partial charge in [0.25, 0.3) is 0 Å². The number of nitrogens with one attached hydrogen (secondary N) is 1. The van der Waals surface area contributed by atoms with Crippen molar-refractivity contribution in [1.29, 1.82) is 0 Å². The summed E-state index contributed by atoms with van der Waals surface area (Å²) in [7, 11) is 0. The van der Waals surface area contributed by atoms with Crippen molar-refractivity contribution in [3.05, 3.63) is 59.7 Å². The summed E-state index contributed by atoms with van der Waals surface area (Å²) in [6.45, 7) is 3.68. The third-order valence-electron chi connectivity index (χ3n) is 6.53. The molecular formula is C27H34N4O5. The number of ether oxygens (including phenoxy) is 2. The van der Waals surface area contributed by atoms with Gasteiger partial charge in [-0.25, -0.2) is 0 Å². The van der Waals surface area contributed by atoms with E-state index in [1.165, 1.54) is 4.90 Å². The molecule has 1 saturated heterocycles. The average molecular weight is 495 g/mol. The summed E-state index contributed by atoms with van der Waals surface area (Å²) in [6, 6.07) is 14.7. The summed E-state index contributed by atoms with van der Waals surface area (Å²) < 4.78 is 12.3. The van der Waals surface area contributed by atoms with E-state index in [4.69, 9.17) is 15.2 Å². The highest BCUT2D eigenvalue weighted by atomic mass is 16.5. The van der Waals surface area contributed by atoms with E-state index in [1.807, 2.05) is 55.5 Å². The topological polar surface area (TPSA) is 114 Å². The van der Waals surface area contributed by atoms with Crippen molar-refractivity contribution >= 4 is 17.7 Å². The lowest BCUT2D eigenvalue weighted by atomic mass is 10.0. The van der Waals surface area contributed by atoms with E-state index in [0.29, 0.717) is 44.2 Å². The fraction of sp³-hybridized carbons (Fsp3) is 0.444. The van der Waals surface area contributed by atoms with Gasteiger partial charge < -0.3 is 30.3 Å². The first-order chi connectivity index (χ1) is 17.4. The van der Waals surface area contributed by atoms with Gasteiger partial charge in [-0.3, -0.25) is 14.4 Å². The molecule has 0 saturated carbocycles. The van der Waals surface area contributed by atoms with Crippen molar-refractivity contribution in [2.45, 2.75) is 44.9 Å². The van der Waals surface area contributed by atoms with Crippen LogP contribution in [-0.4, -0.2) is 72.4 Å². The van der Waals surface area contributed by atoms with Crippen LogP contribution in [0.1, 0.15) is 30.9 Å². The van der Waals surface area contributed by atoms with Crippen LogP contribution in [0.3, 0.4) is 0 Å². The zero-order valence-corrected chi connectivity index (χ0v) is 20.7. The lowest BCUT2D eigenvalue weighted by Gasteiger charge is -2.39. The van der Waals surface area contributed by atoms with Crippen LogP contribution in [0, 0.1) is 0 Å². The van der Waals surface area contributed by atoms with Crippen LogP contribution in [0.25, 0.3) is 0 Å². The number of hydrogen-bond acceptors (Lipinski definition) is 6. The third kappa shape index (κ3) is 6.61. The molecule has 2 aliphatic heterocycles. The van der Waals surface area contributed by atoms with Crippen LogP contribution in [0.4, 0.5) is 0 Å². The Morgan fingerprint density at radius 1 is 1.11 bits per heavy atom. The Morgan fingerprint density at radius 2 is 1.83 bits per heavy atom. The van der Waals surface area contributed by atoms with Crippen LogP contribution in [-0.2, 0) is 32.1 Å².